The van der Waals surface area contributed by atoms with Crippen molar-refractivity contribution in [3.8, 4) is 0 Å². The molecule has 0 saturated carbocycles. The zero-order valence-corrected chi connectivity index (χ0v) is 7.28. The molecule has 0 aromatic carbocycles. The van der Waals surface area contributed by atoms with Crippen LogP contribution in [0.1, 0.15) is 33.6 Å². The lowest BCUT2D eigenvalue weighted by Gasteiger charge is -2.17. The number of azide groups is 1. The van der Waals surface area contributed by atoms with E-state index in [4.69, 9.17) is 5.53 Å². The van der Waals surface area contributed by atoms with Crippen molar-refractivity contribution in [1.82, 2.24) is 0 Å². The highest BCUT2D eigenvalue weighted by Crippen LogP contribution is 2.13. The largest absolute Gasteiger partial charge is 0.390 e. The van der Waals surface area contributed by atoms with E-state index >= 15 is 0 Å². The van der Waals surface area contributed by atoms with Crippen molar-refractivity contribution in [2.75, 3.05) is 0 Å². The molecule has 0 aromatic heterocycles. The Morgan fingerprint density at radius 3 is 2.55 bits per heavy atom. The van der Waals surface area contributed by atoms with E-state index in [0.717, 1.165) is 6.42 Å². The second-order valence-electron chi connectivity index (χ2n) is 3.41. The van der Waals surface area contributed by atoms with Crippen LogP contribution in [-0.4, -0.2) is 16.7 Å². The molecule has 0 aliphatic heterocycles. The minimum Gasteiger partial charge on any atom is -0.390 e. The van der Waals surface area contributed by atoms with Gasteiger partial charge in [-0.3, -0.25) is 0 Å². The van der Waals surface area contributed by atoms with Crippen molar-refractivity contribution < 1.29 is 5.11 Å². The fourth-order valence-corrected chi connectivity index (χ4v) is 0.708. The molecule has 11 heavy (non-hydrogen) atoms. The molecular formula is C7H15N3O. The van der Waals surface area contributed by atoms with E-state index in [0.29, 0.717) is 6.42 Å². The van der Waals surface area contributed by atoms with Crippen molar-refractivity contribution >= 4 is 0 Å². The normalized spacial score (nSPS) is 13.8. The van der Waals surface area contributed by atoms with Gasteiger partial charge in [-0.05, 0) is 32.2 Å². The van der Waals surface area contributed by atoms with Crippen LogP contribution in [0.25, 0.3) is 10.4 Å². The number of nitrogens with zero attached hydrogens (tertiary/aromatic N) is 3. The molecule has 4 nitrogen and oxygen atoms in total. The molecule has 64 valence electrons. The van der Waals surface area contributed by atoms with E-state index in [1.165, 1.54) is 0 Å². The molecule has 0 radical (unpaired) electrons. The zero-order chi connectivity index (χ0) is 8.91. The second-order valence-corrected chi connectivity index (χ2v) is 3.41. The Balaban J connectivity index is 3.62. The summed E-state index contributed by atoms with van der Waals surface area (Å²) in [6.07, 6.45) is 1.39. The number of hydrogen-bond acceptors (Lipinski definition) is 2. The fraction of sp³-hybridized carbons (Fsp3) is 1.00. The summed E-state index contributed by atoms with van der Waals surface area (Å²) in [7, 11) is 0. The standard InChI is InChI=1S/C7H15N3O/c1-6(9-10-8)4-5-7(2,3)11/h6,11H,4-5H2,1-3H3. The van der Waals surface area contributed by atoms with Gasteiger partial charge in [-0.15, -0.1) is 0 Å². The minimum atomic E-state index is -0.654. The van der Waals surface area contributed by atoms with E-state index in [2.05, 4.69) is 10.0 Å². The summed E-state index contributed by atoms with van der Waals surface area (Å²) < 4.78 is 0. The molecule has 0 amide bonds. The summed E-state index contributed by atoms with van der Waals surface area (Å²) in [6, 6.07) is -0.0218. The fourth-order valence-electron chi connectivity index (χ4n) is 0.708. The van der Waals surface area contributed by atoms with E-state index in [1.54, 1.807) is 13.8 Å². The van der Waals surface area contributed by atoms with Gasteiger partial charge in [0.15, 0.2) is 0 Å². The predicted octanol–water partition coefficient (Wildman–Crippen LogP) is 2.24. The molecule has 1 unspecified atom stereocenters. The Kier molecular flexibility index (Phi) is 3.93. The van der Waals surface area contributed by atoms with E-state index in [1.807, 2.05) is 6.92 Å². The molecule has 0 aromatic rings. The molecular weight excluding hydrogens is 142 g/mol. The third kappa shape index (κ3) is 7.16. The highest BCUT2D eigenvalue weighted by Gasteiger charge is 2.13. The van der Waals surface area contributed by atoms with Crippen molar-refractivity contribution in [2.45, 2.75) is 45.3 Å². The van der Waals surface area contributed by atoms with Crippen LogP contribution in [0.15, 0.2) is 5.11 Å². The Labute approximate surface area is 66.9 Å². The summed E-state index contributed by atoms with van der Waals surface area (Å²) in [6.45, 7) is 5.33. The first kappa shape index (κ1) is 10.3. The van der Waals surface area contributed by atoms with Crippen LogP contribution in [0.5, 0.6) is 0 Å². The average Bonchev–Trinajstić information content (AvgIpc) is 1.83. The van der Waals surface area contributed by atoms with E-state index in [-0.39, 0.29) is 6.04 Å². The second kappa shape index (κ2) is 4.21. The molecule has 0 bridgehead atoms. The van der Waals surface area contributed by atoms with Crippen LogP contribution in [0.3, 0.4) is 0 Å². The SMILES string of the molecule is CC(CCC(C)(C)O)N=[N+]=[N-]. The lowest BCUT2D eigenvalue weighted by molar-refractivity contribution is 0.0672. The molecule has 0 aliphatic carbocycles. The maximum Gasteiger partial charge on any atom is 0.0591 e. The summed E-state index contributed by atoms with van der Waals surface area (Å²) in [5.74, 6) is 0. The topological polar surface area (TPSA) is 69.0 Å². The maximum absolute atomic E-state index is 9.30. The quantitative estimate of drug-likeness (QED) is 0.379. The molecule has 0 fully saturated rings. The lowest BCUT2D eigenvalue weighted by Crippen LogP contribution is -2.19. The van der Waals surface area contributed by atoms with Gasteiger partial charge in [0.1, 0.15) is 0 Å². The monoisotopic (exact) mass is 157 g/mol. The molecule has 0 saturated heterocycles. The van der Waals surface area contributed by atoms with Crippen LogP contribution in [0, 0.1) is 0 Å². The highest BCUT2D eigenvalue weighted by atomic mass is 16.3. The van der Waals surface area contributed by atoms with E-state index < -0.39 is 5.60 Å². The smallest absolute Gasteiger partial charge is 0.0591 e. The molecule has 1 atom stereocenters. The van der Waals surface area contributed by atoms with Gasteiger partial charge in [0, 0.05) is 11.0 Å². The van der Waals surface area contributed by atoms with Crippen molar-refractivity contribution in [3.63, 3.8) is 0 Å². The molecule has 0 spiro atoms. The molecule has 4 heteroatoms. The van der Waals surface area contributed by atoms with Crippen LogP contribution < -0.4 is 0 Å². The predicted molar refractivity (Wildman–Crippen MR) is 44.1 cm³/mol. The van der Waals surface area contributed by atoms with Crippen molar-refractivity contribution in [3.05, 3.63) is 10.4 Å². The number of rotatable bonds is 4. The van der Waals surface area contributed by atoms with Crippen LogP contribution in [-0.2, 0) is 0 Å². The van der Waals surface area contributed by atoms with Crippen LogP contribution >= 0.6 is 0 Å². The molecule has 0 heterocycles. The molecule has 1 N–H and O–H groups in total. The first-order valence-electron chi connectivity index (χ1n) is 3.72. The van der Waals surface area contributed by atoms with Gasteiger partial charge in [0.05, 0.1) is 5.60 Å². The van der Waals surface area contributed by atoms with Gasteiger partial charge < -0.3 is 5.11 Å². The third-order valence-electron chi connectivity index (χ3n) is 1.42. The Bertz CT molecular complexity index is 156. The summed E-state index contributed by atoms with van der Waals surface area (Å²) in [5, 5.41) is 12.8. The van der Waals surface area contributed by atoms with Gasteiger partial charge in [-0.2, -0.15) is 0 Å². The highest BCUT2D eigenvalue weighted by molar-refractivity contribution is 4.69. The molecule has 0 rings (SSSR count). The minimum absolute atomic E-state index is 0.0218. The zero-order valence-electron chi connectivity index (χ0n) is 7.28. The van der Waals surface area contributed by atoms with Gasteiger partial charge >= 0.3 is 0 Å². The van der Waals surface area contributed by atoms with Crippen molar-refractivity contribution in [2.24, 2.45) is 5.11 Å². The Morgan fingerprint density at radius 2 is 2.18 bits per heavy atom. The molecule has 0 aliphatic rings. The summed E-state index contributed by atoms with van der Waals surface area (Å²) in [5.41, 5.74) is 7.41. The number of aliphatic hydroxyl groups is 1. The van der Waals surface area contributed by atoms with Gasteiger partial charge in [-0.25, -0.2) is 0 Å². The first-order chi connectivity index (χ1) is 4.95. The van der Waals surface area contributed by atoms with Gasteiger partial charge in [-0.1, -0.05) is 12.0 Å². The first-order valence-corrected chi connectivity index (χ1v) is 3.72. The third-order valence-corrected chi connectivity index (χ3v) is 1.42. The number of hydrogen-bond donors (Lipinski definition) is 1. The summed E-state index contributed by atoms with van der Waals surface area (Å²) in [4.78, 5) is 2.68. The van der Waals surface area contributed by atoms with Crippen LogP contribution in [0.4, 0.5) is 0 Å². The van der Waals surface area contributed by atoms with Crippen molar-refractivity contribution in [1.29, 1.82) is 0 Å². The maximum atomic E-state index is 9.30. The summed E-state index contributed by atoms with van der Waals surface area (Å²) >= 11 is 0. The average molecular weight is 157 g/mol. The Hall–Kier alpha value is -0.730. The van der Waals surface area contributed by atoms with E-state index in [9.17, 15) is 5.11 Å². The van der Waals surface area contributed by atoms with Gasteiger partial charge in [0.25, 0.3) is 0 Å². The van der Waals surface area contributed by atoms with Crippen LogP contribution in [0.2, 0.25) is 0 Å². The van der Waals surface area contributed by atoms with Gasteiger partial charge in [0.2, 0.25) is 0 Å². The lowest BCUT2D eigenvalue weighted by atomic mass is 10.0. The Morgan fingerprint density at radius 1 is 1.64 bits per heavy atom.